The highest BCUT2D eigenvalue weighted by Crippen LogP contribution is 2.22. The highest BCUT2D eigenvalue weighted by Gasteiger charge is 2.03. The molecule has 0 aliphatic rings. The van der Waals surface area contributed by atoms with Crippen molar-refractivity contribution in [2.75, 3.05) is 19.3 Å². The van der Waals surface area contributed by atoms with Gasteiger partial charge in [0.05, 0.1) is 6.54 Å². The van der Waals surface area contributed by atoms with Gasteiger partial charge in [0.1, 0.15) is 0 Å². The van der Waals surface area contributed by atoms with Crippen LogP contribution in [0, 0.1) is 6.92 Å². The van der Waals surface area contributed by atoms with Crippen molar-refractivity contribution < 1.29 is 0 Å². The van der Waals surface area contributed by atoms with E-state index in [0.717, 1.165) is 32.0 Å². The van der Waals surface area contributed by atoms with Gasteiger partial charge in [0, 0.05) is 36.9 Å². The number of guanidine groups is 1. The average molecular weight is 346 g/mol. The van der Waals surface area contributed by atoms with Crippen LogP contribution >= 0.6 is 11.8 Å². The van der Waals surface area contributed by atoms with Crippen molar-refractivity contribution in [3.8, 4) is 0 Å². The molecule has 2 aromatic rings. The van der Waals surface area contributed by atoms with E-state index in [9.17, 15) is 0 Å². The molecule has 0 saturated carbocycles. The van der Waals surface area contributed by atoms with Crippen molar-refractivity contribution in [2.45, 2.75) is 38.3 Å². The highest BCUT2D eigenvalue weighted by atomic mass is 32.2. The number of nitrogens with zero attached hydrogens (tertiary/aromatic N) is 3. The summed E-state index contributed by atoms with van der Waals surface area (Å²) in [5.41, 5.74) is 2.55. The van der Waals surface area contributed by atoms with Crippen molar-refractivity contribution in [3.63, 3.8) is 0 Å². The van der Waals surface area contributed by atoms with Crippen molar-refractivity contribution in [3.05, 3.63) is 47.8 Å². The zero-order chi connectivity index (χ0) is 17.2. The van der Waals surface area contributed by atoms with Gasteiger partial charge >= 0.3 is 0 Å². The van der Waals surface area contributed by atoms with Gasteiger partial charge in [-0.25, -0.2) is 4.99 Å². The Labute approximate surface area is 148 Å². The molecule has 0 atom stereocenters. The third-order valence-electron chi connectivity index (χ3n) is 3.61. The molecule has 0 unspecified atom stereocenters. The van der Waals surface area contributed by atoms with Gasteiger partial charge in [-0.1, -0.05) is 12.1 Å². The highest BCUT2D eigenvalue weighted by molar-refractivity contribution is 7.98. The van der Waals surface area contributed by atoms with E-state index in [0.29, 0.717) is 6.54 Å². The SMILES string of the molecule is CCNC(=NCc1ccc(C)cc1SC)NCCCn1cccn1. The van der Waals surface area contributed by atoms with E-state index in [4.69, 9.17) is 4.99 Å². The zero-order valence-corrected chi connectivity index (χ0v) is 15.6. The Morgan fingerprint density at radius 3 is 2.92 bits per heavy atom. The molecule has 0 fully saturated rings. The van der Waals surface area contributed by atoms with Crippen LogP contribution in [0.1, 0.15) is 24.5 Å². The minimum atomic E-state index is 0.685. The van der Waals surface area contributed by atoms with Crippen LogP contribution in [0.5, 0.6) is 0 Å². The molecule has 24 heavy (non-hydrogen) atoms. The van der Waals surface area contributed by atoms with Crippen LogP contribution in [0.25, 0.3) is 0 Å². The molecule has 5 nitrogen and oxygen atoms in total. The third kappa shape index (κ3) is 5.92. The second kappa shape index (κ2) is 10.0. The van der Waals surface area contributed by atoms with Crippen LogP contribution in [0.2, 0.25) is 0 Å². The minimum absolute atomic E-state index is 0.685. The quantitative estimate of drug-likeness (QED) is 0.334. The molecule has 2 N–H and O–H groups in total. The number of rotatable bonds is 8. The Hall–Kier alpha value is -1.95. The molecule has 0 saturated heterocycles. The fraction of sp³-hybridized carbons (Fsp3) is 0.444. The first-order valence-corrected chi connectivity index (χ1v) is 9.58. The van der Waals surface area contributed by atoms with E-state index in [2.05, 4.69) is 54.0 Å². The molecule has 6 heteroatoms. The topological polar surface area (TPSA) is 54.2 Å². The van der Waals surface area contributed by atoms with E-state index in [1.54, 1.807) is 11.8 Å². The largest absolute Gasteiger partial charge is 0.357 e. The summed E-state index contributed by atoms with van der Waals surface area (Å²) in [5, 5.41) is 10.9. The lowest BCUT2D eigenvalue weighted by molar-refractivity contribution is 0.570. The second-order valence-corrected chi connectivity index (χ2v) is 6.41. The molecule has 0 aliphatic heterocycles. The monoisotopic (exact) mass is 345 g/mol. The van der Waals surface area contributed by atoms with Gasteiger partial charge in [0.15, 0.2) is 5.96 Å². The van der Waals surface area contributed by atoms with Crippen LogP contribution in [0.4, 0.5) is 0 Å². The fourth-order valence-corrected chi connectivity index (χ4v) is 3.07. The van der Waals surface area contributed by atoms with E-state index >= 15 is 0 Å². The third-order valence-corrected chi connectivity index (χ3v) is 4.43. The predicted octanol–water partition coefficient (Wildman–Crippen LogP) is 3.06. The Morgan fingerprint density at radius 1 is 1.33 bits per heavy atom. The van der Waals surface area contributed by atoms with Crippen LogP contribution < -0.4 is 10.6 Å². The maximum atomic E-state index is 4.72. The molecule has 0 radical (unpaired) electrons. The van der Waals surface area contributed by atoms with Crippen LogP contribution in [-0.2, 0) is 13.1 Å². The molecule has 0 amide bonds. The summed E-state index contributed by atoms with van der Waals surface area (Å²) in [6.07, 6.45) is 6.91. The summed E-state index contributed by atoms with van der Waals surface area (Å²) in [4.78, 5) is 6.01. The number of benzene rings is 1. The summed E-state index contributed by atoms with van der Waals surface area (Å²) in [7, 11) is 0. The molecule has 1 aromatic carbocycles. The molecular weight excluding hydrogens is 318 g/mol. The van der Waals surface area contributed by atoms with E-state index in [-0.39, 0.29) is 0 Å². The number of aryl methyl sites for hydroxylation is 2. The summed E-state index contributed by atoms with van der Waals surface area (Å²) < 4.78 is 1.95. The maximum absolute atomic E-state index is 4.72. The van der Waals surface area contributed by atoms with E-state index in [1.807, 2.05) is 23.1 Å². The molecular formula is C18H27N5S. The molecule has 0 spiro atoms. The van der Waals surface area contributed by atoms with Crippen molar-refractivity contribution in [2.24, 2.45) is 4.99 Å². The molecule has 1 heterocycles. The Bertz CT molecular complexity index is 637. The maximum Gasteiger partial charge on any atom is 0.191 e. The Morgan fingerprint density at radius 2 is 2.21 bits per heavy atom. The van der Waals surface area contributed by atoms with Gasteiger partial charge in [0.25, 0.3) is 0 Å². The molecule has 0 aliphatic carbocycles. The van der Waals surface area contributed by atoms with Gasteiger partial charge in [-0.05, 0) is 49.8 Å². The van der Waals surface area contributed by atoms with Crippen molar-refractivity contribution >= 4 is 17.7 Å². The van der Waals surface area contributed by atoms with Crippen LogP contribution in [0.15, 0.2) is 46.5 Å². The van der Waals surface area contributed by atoms with Crippen molar-refractivity contribution in [1.82, 2.24) is 20.4 Å². The number of nitrogens with one attached hydrogen (secondary N) is 2. The van der Waals surface area contributed by atoms with Gasteiger partial charge < -0.3 is 10.6 Å². The van der Waals surface area contributed by atoms with E-state index in [1.165, 1.54) is 16.0 Å². The first kappa shape index (κ1) is 18.4. The normalized spacial score (nSPS) is 11.5. The summed E-state index contributed by atoms with van der Waals surface area (Å²) in [6, 6.07) is 8.49. The van der Waals surface area contributed by atoms with Crippen molar-refractivity contribution in [1.29, 1.82) is 0 Å². The first-order chi connectivity index (χ1) is 11.7. The zero-order valence-electron chi connectivity index (χ0n) is 14.7. The lowest BCUT2D eigenvalue weighted by Gasteiger charge is -2.12. The van der Waals surface area contributed by atoms with Gasteiger partial charge in [-0.3, -0.25) is 4.68 Å². The number of hydrogen-bond acceptors (Lipinski definition) is 3. The predicted molar refractivity (Wildman–Crippen MR) is 103 cm³/mol. The smallest absolute Gasteiger partial charge is 0.191 e. The Kier molecular flexibility index (Phi) is 7.68. The van der Waals surface area contributed by atoms with E-state index < -0.39 is 0 Å². The first-order valence-electron chi connectivity index (χ1n) is 8.36. The summed E-state index contributed by atoms with van der Waals surface area (Å²) in [5.74, 6) is 0.866. The average Bonchev–Trinajstić information content (AvgIpc) is 3.10. The number of aliphatic imine (C=N–C) groups is 1. The van der Waals surface area contributed by atoms with Gasteiger partial charge in [-0.15, -0.1) is 11.8 Å². The fourth-order valence-electron chi connectivity index (χ4n) is 2.37. The van der Waals surface area contributed by atoms with Crippen LogP contribution in [-0.4, -0.2) is 35.1 Å². The molecule has 130 valence electrons. The standard InChI is InChI=1S/C18H27N5S/c1-4-19-18(20-9-5-11-23-12-6-10-22-23)21-14-16-8-7-15(2)13-17(16)24-3/h6-8,10,12-13H,4-5,9,11,14H2,1-3H3,(H2,19,20,21). The Balaban J connectivity index is 1.87. The van der Waals surface area contributed by atoms with Crippen LogP contribution in [0.3, 0.4) is 0 Å². The summed E-state index contributed by atoms with van der Waals surface area (Å²) >= 11 is 1.77. The summed E-state index contributed by atoms with van der Waals surface area (Å²) in [6.45, 7) is 7.53. The van der Waals surface area contributed by atoms with Gasteiger partial charge in [0.2, 0.25) is 0 Å². The lowest BCUT2D eigenvalue weighted by atomic mass is 10.1. The minimum Gasteiger partial charge on any atom is -0.357 e. The number of hydrogen-bond donors (Lipinski definition) is 2. The second-order valence-electron chi connectivity index (χ2n) is 5.56. The lowest BCUT2D eigenvalue weighted by Crippen LogP contribution is -2.38. The number of thioether (sulfide) groups is 1. The van der Waals surface area contributed by atoms with Gasteiger partial charge in [-0.2, -0.15) is 5.10 Å². The molecule has 0 bridgehead atoms. The molecule has 1 aromatic heterocycles. The number of aromatic nitrogens is 2. The molecule has 2 rings (SSSR count).